The Balaban J connectivity index is 2.51. The Bertz CT molecular complexity index is 496. The van der Waals surface area contributed by atoms with E-state index < -0.39 is 5.97 Å². The lowest BCUT2D eigenvalue weighted by Gasteiger charge is -2.13. The third-order valence-corrected chi connectivity index (χ3v) is 2.77. The minimum atomic E-state index is -0.849. The molecule has 0 heterocycles. The van der Waals surface area contributed by atoms with Gasteiger partial charge in [-0.2, -0.15) is 0 Å². The van der Waals surface area contributed by atoms with E-state index in [2.05, 4.69) is 0 Å². The van der Waals surface area contributed by atoms with Crippen LogP contribution in [0.4, 0.5) is 0 Å². The van der Waals surface area contributed by atoms with Crippen molar-refractivity contribution in [1.29, 1.82) is 0 Å². The number of methoxy groups -OCH3 is 1. The molecule has 1 amide bonds. The van der Waals surface area contributed by atoms with Gasteiger partial charge in [-0.25, -0.2) is 0 Å². The smallest absolute Gasteiger partial charge is 0.303 e. The number of carboxylic acid groups (broad SMARTS) is 1. The number of carbonyl (C=O) groups is 2. The standard InChI is InChI=1S/C15H19NO4/c1-16(10-4-7-15(18)19)14(17)9-8-12-5-3-6-13(11-12)20-2/h3,5-6,8-9,11H,4,7,10H2,1-2H3,(H,18,19)/b9-8+. The molecule has 0 saturated carbocycles. The summed E-state index contributed by atoms with van der Waals surface area (Å²) in [6.45, 7) is 0.424. The van der Waals surface area contributed by atoms with Gasteiger partial charge < -0.3 is 14.7 Å². The number of hydrogen-bond acceptors (Lipinski definition) is 3. The van der Waals surface area contributed by atoms with Gasteiger partial charge in [0.25, 0.3) is 0 Å². The van der Waals surface area contributed by atoms with Crippen LogP contribution in [0.15, 0.2) is 30.3 Å². The van der Waals surface area contributed by atoms with E-state index in [1.807, 2.05) is 24.3 Å². The van der Waals surface area contributed by atoms with Crippen molar-refractivity contribution in [2.45, 2.75) is 12.8 Å². The monoisotopic (exact) mass is 277 g/mol. The first-order chi connectivity index (χ1) is 9.52. The van der Waals surface area contributed by atoms with Gasteiger partial charge in [-0.15, -0.1) is 0 Å². The van der Waals surface area contributed by atoms with Gasteiger partial charge in [0, 0.05) is 26.1 Å². The molecule has 5 nitrogen and oxygen atoms in total. The van der Waals surface area contributed by atoms with E-state index in [9.17, 15) is 9.59 Å². The van der Waals surface area contributed by atoms with Crippen LogP contribution in [0.2, 0.25) is 0 Å². The van der Waals surface area contributed by atoms with Gasteiger partial charge in [-0.1, -0.05) is 12.1 Å². The molecule has 0 aliphatic carbocycles. The fourth-order valence-electron chi connectivity index (χ4n) is 1.62. The molecule has 5 heteroatoms. The minimum Gasteiger partial charge on any atom is -0.497 e. The maximum atomic E-state index is 11.8. The summed E-state index contributed by atoms with van der Waals surface area (Å²) < 4.78 is 5.10. The van der Waals surface area contributed by atoms with Crippen molar-refractivity contribution in [3.63, 3.8) is 0 Å². The van der Waals surface area contributed by atoms with Crippen LogP contribution in [0.3, 0.4) is 0 Å². The topological polar surface area (TPSA) is 66.8 Å². The maximum absolute atomic E-state index is 11.8. The van der Waals surface area contributed by atoms with Crippen molar-refractivity contribution in [2.24, 2.45) is 0 Å². The summed E-state index contributed by atoms with van der Waals surface area (Å²) in [5.41, 5.74) is 0.872. The third kappa shape index (κ3) is 5.56. The van der Waals surface area contributed by atoms with E-state index in [4.69, 9.17) is 9.84 Å². The molecule has 0 radical (unpaired) electrons. The average Bonchev–Trinajstić information content (AvgIpc) is 2.44. The highest BCUT2D eigenvalue weighted by atomic mass is 16.5. The van der Waals surface area contributed by atoms with Gasteiger partial charge in [0.15, 0.2) is 0 Å². The zero-order chi connectivity index (χ0) is 15.0. The summed E-state index contributed by atoms with van der Waals surface area (Å²) in [5.74, 6) is -0.273. The zero-order valence-electron chi connectivity index (χ0n) is 11.7. The van der Waals surface area contributed by atoms with E-state index in [0.717, 1.165) is 11.3 Å². The summed E-state index contributed by atoms with van der Waals surface area (Å²) in [5, 5.41) is 8.54. The predicted molar refractivity (Wildman–Crippen MR) is 76.5 cm³/mol. The molecule has 1 rings (SSSR count). The highest BCUT2D eigenvalue weighted by molar-refractivity contribution is 5.91. The number of nitrogens with zero attached hydrogens (tertiary/aromatic N) is 1. The third-order valence-electron chi connectivity index (χ3n) is 2.77. The van der Waals surface area contributed by atoms with Crippen LogP contribution in [0.25, 0.3) is 6.08 Å². The normalized spacial score (nSPS) is 10.5. The summed E-state index contributed by atoms with van der Waals surface area (Å²) in [4.78, 5) is 23.7. The van der Waals surface area contributed by atoms with Gasteiger partial charge in [0.05, 0.1) is 7.11 Å². The van der Waals surface area contributed by atoms with Crippen LogP contribution in [0.5, 0.6) is 5.75 Å². The molecule has 0 aliphatic heterocycles. The molecule has 0 aliphatic rings. The summed E-state index contributed by atoms with van der Waals surface area (Å²) in [6.07, 6.45) is 3.69. The molecule has 0 fully saturated rings. The second-order valence-corrected chi connectivity index (χ2v) is 4.37. The largest absolute Gasteiger partial charge is 0.497 e. The molecule has 1 aromatic carbocycles. The van der Waals surface area contributed by atoms with Crippen LogP contribution < -0.4 is 4.74 Å². The Morgan fingerprint density at radius 3 is 2.80 bits per heavy atom. The molecule has 0 saturated heterocycles. The Morgan fingerprint density at radius 1 is 1.40 bits per heavy atom. The van der Waals surface area contributed by atoms with Gasteiger partial charge in [0.1, 0.15) is 5.75 Å². The highest BCUT2D eigenvalue weighted by Gasteiger charge is 2.05. The molecule has 0 bridgehead atoms. The van der Waals surface area contributed by atoms with Crippen LogP contribution in [-0.4, -0.2) is 42.6 Å². The first kappa shape index (κ1) is 15.8. The van der Waals surface area contributed by atoms with Crippen molar-refractivity contribution >= 4 is 18.0 Å². The Morgan fingerprint density at radius 2 is 2.15 bits per heavy atom. The maximum Gasteiger partial charge on any atom is 0.303 e. The molecular formula is C15H19NO4. The Kier molecular flexibility index (Phi) is 6.29. The number of carbonyl (C=O) groups excluding carboxylic acids is 1. The van der Waals surface area contributed by atoms with Gasteiger partial charge in [-0.05, 0) is 30.2 Å². The number of hydrogen-bond donors (Lipinski definition) is 1. The Labute approximate surface area is 118 Å². The molecular weight excluding hydrogens is 258 g/mol. The van der Waals surface area contributed by atoms with E-state index in [0.29, 0.717) is 13.0 Å². The SMILES string of the molecule is COc1cccc(/C=C/C(=O)N(C)CCCC(=O)O)c1. The van der Waals surface area contributed by atoms with Crippen molar-refractivity contribution in [3.8, 4) is 5.75 Å². The lowest BCUT2D eigenvalue weighted by atomic mass is 10.2. The number of amides is 1. The van der Waals surface area contributed by atoms with Gasteiger partial charge in [-0.3, -0.25) is 9.59 Å². The average molecular weight is 277 g/mol. The number of carboxylic acids is 1. The van der Waals surface area contributed by atoms with E-state index in [1.54, 1.807) is 20.2 Å². The summed E-state index contributed by atoms with van der Waals surface area (Å²) >= 11 is 0. The molecule has 0 atom stereocenters. The van der Waals surface area contributed by atoms with Crippen molar-refractivity contribution < 1.29 is 19.4 Å². The fraction of sp³-hybridized carbons (Fsp3) is 0.333. The minimum absolute atomic E-state index is 0.0667. The molecule has 0 spiro atoms. The van der Waals surface area contributed by atoms with E-state index in [1.165, 1.54) is 11.0 Å². The van der Waals surface area contributed by atoms with E-state index >= 15 is 0 Å². The lowest BCUT2D eigenvalue weighted by Crippen LogP contribution is -2.26. The lowest BCUT2D eigenvalue weighted by molar-refractivity contribution is -0.137. The molecule has 1 aromatic rings. The molecule has 1 N–H and O–H groups in total. The number of aliphatic carboxylic acids is 1. The van der Waals surface area contributed by atoms with Crippen LogP contribution in [0, 0.1) is 0 Å². The summed E-state index contributed by atoms with van der Waals surface area (Å²) in [6, 6.07) is 7.38. The van der Waals surface area contributed by atoms with Crippen LogP contribution in [-0.2, 0) is 9.59 Å². The number of ether oxygens (including phenoxy) is 1. The number of rotatable bonds is 7. The second kappa shape index (κ2) is 7.99. The number of benzene rings is 1. The second-order valence-electron chi connectivity index (χ2n) is 4.37. The van der Waals surface area contributed by atoms with Crippen LogP contribution >= 0.6 is 0 Å². The van der Waals surface area contributed by atoms with Gasteiger partial charge >= 0.3 is 5.97 Å². The van der Waals surface area contributed by atoms with E-state index in [-0.39, 0.29) is 12.3 Å². The summed E-state index contributed by atoms with van der Waals surface area (Å²) in [7, 11) is 3.24. The molecule has 0 aromatic heterocycles. The first-order valence-corrected chi connectivity index (χ1v) is 6.32. The first-order valence-electron chi connectivity index (χ1n) is 6.32. The highest BCUT2D eigenvalue weighted by Crippen LogP contribution is 2.13. The quantitative estimate of drug-likeness (QED) is 0.774. The zero-order valence-corrected chi connectivity index (χ0v) is 11.7. The number of likely N-dealkylation sites (N-methyl/N-ethyl adjacent to an activating group) is 1. The van der Waals surface area contributed by atoms with Crippen LogP contribution in [0.1, 0.15) is 18.4 Å². The molecule has 108 valence electrons. The Hall–Kier alpha value is -2.30. The van der Waals surface area contributed by atoms with Gasteiger partial charge in [0.2, 0.25) is 5.91 Å². The molecule has 20 heavy (non-hydrogen) atoms. The van der Waals surface area contributed by atoms with Crippen molar-refractivity contribution in [1.82, 2.24) is 4.90 Å². The molecule has 0 unspecified atom stereocenters. The predicted octanol–water partition coefficient (Wildman–Crippen LogP) is 2.03. The fourth-order valence-corrected chi connectivity index (χ4v) is 1.62. The van der Waals surface area contributed by atoms with Crippen molar-refractivity contribution in [2.75, 3.05) is 20.7 Å². The van der Waals surface area contributed by atoms with Crippen molar-refractivity contribution in [3.05, 3.63) is 35.9 Å².